The Balaban J connectivity index is 0.00000288. The van der Waals surface area contributed by atoms with Crippen molar-refractivity contribution in [1.29, 1.82) is 0 Å². The normalized spacial score (nSPS) is 14.8. The van der Waals surface area contributed by atoms with E-state index >= 15 is 0 Å². The second-order valence-corrected chi connectivity index (χ2v) is 5.63. The van der Waals surface area contributed by atoms with E-state index < -0.39 is 12.8 Å². The van der Waals surface area contributed by atoms with Gasteiger partial charge in [0.1, 0.15) is 5.75 Å². The van der Waals surface area contributed by atoms with E-state index in [2.05, 4.69) is 20.4 Å². The van der Waals surface area contributed by atoms with Gasteiger partial charge in [0, 0.05) is 20.1 Å². The summed E-state index contributed by atoms with van der Waals surface area (Å²) in [6.45, 7) is 0.166. The molecule has 1 aliphatic carbocycles. The van der Waals surface area contributed by atoms with Crippen LogP contribution in [0.15, 0.2) is 29.3 Å². The van der Waals surface area contributed by atoms with Crippen molar-refractivity contribution < 1.29 is 17.9 Å². The number of benzene rings is 1. The van der Waals surface area contributed by atoms with Gasteiger partial charge >= 0.3 is 6.18 Å². The minimum Gasteiger partial charge on any atom is -0.484 e. The Bertz CT molecular complexity index is 516. The summed E-state index contributed by atoms with van der Waals surface area (Å²) in [5.41, 5.74) is 0.939. The summed E-state index contributed by atoms with van der Waals surface area (Å²) in [5.74, 6) is 1.80. The van der Waals surface area contributed by atoms with Crippen LogP contribution in [-0.2, 0) is 6.54 Å². The van der Waals surface area contributed by atoms with Gasteiger partial charge in [0.05, 0.1) is 0 Å². The summed E-state index contributed by atoms with van der Waals surface area (Å²) < 4.78 is 40.9. The molecule has 8 heteroatoms. The first-order valence-electron chi connectivity index (χ1n) is 7.69. The first-order valence-corrected chi connectivity index (χ1v) is 7.69. The second-order valence-electron chi connectivity index (χ2n) is 5.63. The summed E-state index contributed by atoms with van der Waals surface area (Å²) in [6.07, 6.45) is -0.502. The maximum absolute atomic E-state index is 12.1. The number of nitrogens with zero attached hydrogens (tertiary/aromatic N) is 1. The van der Waals surface area contributed by atoms with Crippen LogP contribution in [0.25, 0.3) is 0 Å². The van der Waals surface area contributed by atoms with Crippen molar-refractivity contribution in [3.63, 3.8) is 0 Å². The number of halogens is 4. The van der Waals surface area contributed by atoms with Gasteiger partial charge in [-0.1, -0.05) is 25.0 Å². The van der Waals surface area contributed by atoms with Crippen molar-refractivity contribution in [3.05, 3.63) is 29.8 Å². The Morgan fingerprint density at radius 3 is 2.42 bits per heavy atom. The number of rotatable bonds is 7. The fraction of sp³-hybridized carbons (Fsp3) is 0.562. The summed E-state index contributed by atoms with van der Waals surface area (Å²) in [4.78, 5) is 4.14. The molecule has 136 valence electrons. The van der Waals surface area contributed by atoms with Gasteiger partial charge in [-0.05, 0) is 30.0 Å². The second kappa shape index (κ2) is 9.95. The van der Waals surface area contributed by atoms with Crippen molar-refractivity contribution in [3.8, 4) is 5.75 Å². The molecule has 0 saturated heterocycles. The van der Waals surface area contributed by atoms with Gasteiger partial charge in [0.25, 0.3) is 0 Å². The van der Waals surface area contributed by atoms with E-state index in [-0.39, 0.29) is 29.7 Å². The average molecular weight is 457 g/mol. The lowest BCUT2D eigenvalue weighted by molar-refractivity contribution is -0.153. The van der Waals surface area contributed by atoms with E-state index in [4.69, 9.17) is 0 Å². The molecule has 1 saturated carbocycles. The third-order valence-corrected chi connectivity index (χ3v) is 3.55. The van der Waals surface area contributed by atoms with Crippen LogP contribution >= 0.6 is 24.0 Å². The van der Waals surface area contributed by atoms with Crippen LogP contribution in [0.2, 0.25) is 0 Å². The number of aliphatic imine (C=N–C) groups is 1. The molecule has 0 atom stereocenters. The highest BCUT2D eigenvalue weighted by Gasteiger charge is 2.28. The third kappa shape index (κ3) is 8.60. The first kappa shape index (κ1) is 20.9. The van der Waals surface area contributed by atoms with Gasteiger partial charge in [-0.15, -0.1) is 24.0 Å². The Hall–Kier alpha value is -1.19. The Labute approximate surface area is 157 Å². The lowest BCUT2D eigenvalue weighted by Gasteiger charge is -2.12. The molecule has 1 aliphatic rings. The molecular weight excluding hydrogens is 434 g/mol. The molecule has 1 fully saturated rings. The molecule has 1 aromatic carbocycles. The monoisotopic (exact) mass is 457 g/mol. The number of guanidine groups is 1. The molecule has 4 nitrogen and oxygen atoms in total. The van der Waals surface area contributed by atoms with E-state index in [9.17, 15) is 13.2 Å². The van der Waals surface area contributed by atoms with Crippen molar-refractivity contribution in [2.45, 2.75) is 32.0 Å². The average Bonchev–Trinajstić information content (AvgIpc) is 3.33. The standard InChI is InChI=1S/C16H22F3N3O.HI/c1-20-15(21-9-8-12-2-3-12)22-10-13-4-6-14(7-5-13)23-11-16(17,18)19;/h4-7,12H,2-3,8-11H2,1H3,(H2,20,21,22);1H. The minimum atomic E-state index is -4.32. The van der Waals surface area contributed by atoms with Crippen LogP contribution in [0.3, 0.4) is 0 Å². The van der Waals surface area contributed by atoms with Gasteiger partial charge in [-0.2, -0.15) is 13.2 Å². The molecule has 0 spiro atoms. The van der Waals surface area contributed by atoms with E-state index in [1.165, 1.54) is 25.0 Å². The summed E-state index contributed by atoms with van der Waals surface area (Å²) in [7, 11) is 1.71. The lowest BCUT2D eigenvalue weighted by Crippen LogP contribution is -2.37. The maximum Gasteiger partial charge on any atom is 0.422 e. The number of hydrogen-bond donors (Lipinski definition) is 2. The number of hydrogen-bond acceptors (Lipinski definition) is 2. The fourth-order valence-electron chi connectivity index (χ4n) is 2.08. The van der Waals surface area contributed by atoms with E-state index in [1.807, 2.05) is 0 Å². The zero-order chi connectivity index (χ0) is 16.7. The van der Waals surface area contributed by atoms with Crippen molar-refractivity contribution in [1.82, 2.24) is 10.6 Å². The molecule has 2 rings (SSSR count). The number of nitrogens with one attached hydrogen (secondary N) is 2. The summed E-state index contributed by atoms with van der Waals surface area (Å²) in [6, 6.07) is 6.53. The highest BCUT2D eigenvalue weighted by atomic mass is 127. The smallest absolute Gasteiger partial charge is 0.422 e. The molecule has 0 heterocycles. The molecule has 0 aromatic heterocycles. The highest BCUT2D eigenvalue weighted by molar-refractivity contribution is 14.0. The van der Waals surface area contributed by atoms with Crippen LogP contribution in [-0.4, -0.2) is 32.3 Å². The van der Waals surface area contributed by atoms with Gasteiger partial charge in [0.15, 0.2) is 12.6 Å². The topological polar surface area (TPSA) is 45.7 Å². The van der Waals surface area contributed by atoms with Crippen LogP contribution in [0.4, 0.5) is 13.2 Å². The minimum absolute atomic E-state index is 0. The largest absolute Gasteiger partial charge is 0.484 e. The predicted octanol–water partition coefficient (Wildman–Crippen LogP) is 3.71. The van der Waals surface area contributed by atoms with Crippen LogP contribution in [0.1, 0.15) is 24.8 Å². The Morgan fingerprint density at radius 1 is 1.21 bits per heavy atom. The summed E-state index contributed by atoms with van der Waals surface area (Å²) >= 11 is 0. The maximum atomic E-state index is 12.1. The SMILES string of the molecule is CN=C(NCCC1CC1)NCc1ccc(OCC(F)(F)F)cc1.I. The van der Waals surface area contributed by atoms with Gasteiger partial charge in [0.2, 0.25) is 0 Å². The highest BCUT2D eigenvalue weighted by Crippen LogP contribution is 2.31. The predicted molar refractivity (Wildman–Crippen MR) is 98.9 cm³/mol. The molecule has 0 amide bonds. The number of ether oxygens (including phenoxy) is 1. The van der Waals surface area contributed by atoms with Gasteiger partial charge in [-0.3, -0.25) is 4.99 Å². The third-order valence-electron chi connectivity index (χ3n) is 3.55. The van der Waals surface area contributed by atoms with Crippen LogP contribution in [0.5, 0.6) is 5.75 Å². The Kier molecular flexibility index (Phi) is 8.65. The van der Waals surface area contributed by atoms with Gasteiger partial charge in [-0.25, -0.2) is 0 Å². The van der Waals surface area contributed by atoms with Crippen molar-refractivity contribution >= 4 is 29.9 Å². The van der Waals surface area contributed by atoms with E-state index in [0.717, 1.165) is 30.4 Å². The zero-order valence-electron chi connectivity index (χ0n) is 13.5. The van der Waals surface area contributed by atoms with E-state index in [1.54, 1.807) is 19.2 Å². The molecule has 0 aliphatic heterocycles. The first-order chi connectivity index (χ1) is 11.0. The fourth-order valence-corrected chi connectivity index (χ4v) is 2.08. The zero-order valence-corrected chi connectivity index (χ0v) is 15.9. The lowest BCUT2D eigenvalue weighted by atomic mass is 10.2. The molecule has 0 bridgehead atoms. The number of alkyl halides is 3. The van der Waals surface area contributed by atoms with Gasteiger partial charge < -0.3 is 15.4 Å². The molecule has 2 N–H and O–H groups in total. The van der Waals surface area contributed by atoms with Crippen molar-refractivity contribution in [2.75, 3.05) is 20.2 Å². The summed E-state index contributed by atoms with van der Waals surface area (Å²) in [5, 5.41) is 6.42. The van der Waals surface area contributed by atoms with Crippen molar-refractivity contribution in [2.24, 2.45) is 10.9 Å². The molecule has 0 unspecified atom stereocenters. The molecule has 1 aromatic rings. The molecule has 24 heavy (non-hydrogen) atoms. The molecule has 0 radical (unpaired) electrons. The van der Waals surface area contributed by atoms with Crippen LogP contribution < -0.4 is 15.4 Å². The quantitative estimate of drug-likeness (QED) is 0.373. The Morgan fingerprint density at radius 2 is 1.88 bits per heavy atom. The molecular formula is C16H23F3IN3O. The van der Waals surface area contributed by atoms with Crippen LogP contribution in [0, 0.1) is 5.92 Å². The van der Waals surface area contributed by atoms with E-state index in [0.29, 0.717) is 6.54 Å².